The Morgan fingerprint density at radius 2 is 1.06 bits per heavy atom. The van der Waals surface area contributed by atoms with Gasteiger partial charge >= 0.3 is 0 Å². The highest BCUT2D eigenvalue weighted by molar-refractivity contribution is 5.09. The third kappa shape index (κ3) is 1.87. The Balaban J connectivity index is 0.000000101. The Morgan fingerprint density at radius 1 is 0.625 bits per heavy atom. The number of allylic oxidation sites excluding steroid dienone is 4. The van der Waals surface area contributed by atoms with E-state index in [9.17, 15) is 0 Å². The first-order chi connectivity index (χ1) is 7.72. The lowest BCUT2D eigenvalue weighted by Gasteiger charge is -2.09. The molecule has 0 nitrogen and oxygen atoms in total. The summed E-state index contributed by atoms with van der Waals surface area (Å²) in [6.07, 6.45) is 15.4. The van der Waals surface area contributed by atoms with Crippen LogP contribution in [-0.2, 0) is 0 Å². The molecule has 4 aliphatic carbocycles. The fourth-order valence-electron chi connectivity index (χ4n) is 4.11. The van der Waals surface area contributed by atoms with Gasteiger partial charge in [0.05, 0.1) is 0 Å². The van der Waals surface area contributed by atoms with E-state index in [4.69, 9.17) is 0 Å². The Hall–Kier alpha value is -0.520. The smallest absolute Gasteiger partial charge is 0.0202 e. The molecule has 0 aromatic heterocycles. The zero-order chi connectivity index (χ0) is 11.1. The summed E-state index contributed by atoms with van der Waals surface area (Å²) >= 11 is 0. The van der Waals surface area contributed by atoms with Crippen LogP contribution in [0.15, 0.2) is 24.3 Å². The molecule has 0 heteroatoms. The van der Waals surface area contributed by atoms with Crippen molar-refractivity contribution >= 4 is 0 Å². The zero-order valence-corrected chi connectivity index (χ0v) is 10.6. The van der Waals surface area contributed by atoms with Gasteiger partial charge in [-0.25, -0.2) is 0 Å². The van der Waals surface area contributed by atoms with Gasteiger partial charge < -0.3 is 0 Å². The quantitative estimate of drug-likeness (QED) is 0.525. The molecule has 0 radical (unpaired) electrons. The fraction of sp³-hybridized carbons (Fsp3) is 0.750. The topological polar surface area (TPSA) is 0 Å². The summed E-state index contributed by atoms with van der Waals surface area (Å²) in [7, 11) is 0. The van der Waals surface area contributed by atoms with E-state index in [0.717, 1.165) is 35.5 Å². The Bertz CT molecular complexity index is 280. The lowest BCUT2D eigenvalue weighted by Crippen LogP contribution is -1.99. The maximum atomic E-state index is 2.40. The van der Waals surface area contributed by atoms with Gasteiger partial charge in [-0.3, -0.25) is 0 Å². The maximum absolute atomic E-state index is 2.40. The van der Waals surface area contributed by atoms with Crippen molar-refractivity contribution in [2.75, 3.05) is 0 Å². The summed E-state index contributed by atoms with van der Waals surface area (Å²) in [5.74, 6) is 5.83. The van der Waals surface area contributed by atoms with E-state index in [0.29, 0.717) is 0 Å². The predicted molar refractivity (Wildman–Crippen MR) is 69.0 cm³/mol. The second-order valence-electron chi connectivity index (χ2n) is 6.52. The van der Waals surface area contributed by atoms with Gasteiger partial charge in [-0.1, -0.05) is 38.2 Å². The third-order valence-electron chi connectivity index (χ3n) is 5.22. The molecule has 2 saturated carbocycles. The van der Waals surface area contributed by atoms with Crippen molar-refractivity contribution < 1.29 is 0 Å². The summed E-state index contributed by atoms with van der Waals surface area (Å²) in [4.78, 5) is 0. The number of hydrogen-bond acceptors (Lipinski definition) is 0. The van der Waals surface area contributed by atoms with Crippen LogP contribution in [0, 0.1) is 35.5 Å². The maximum Gasteiger partial charge on any atom is -0.0202 e. The van der Waals surface area contributed by atoms with E-state index in [1.807, 2.05) is 0 Å². The van der Waals surface area contributed by atoms with Gasteiger partial charge in [-0.15, -0.1) is 0 Å². The summed E-state index contributed by atoms with van der Waals surface area (Å²) in [6.45, 7) is 4.74. The molecule has 0 spiro atoms. The van der Waals surface area contributed by atoms with Crippen molar-refractivity contribution in [2.24, 2.45) is 35.5 Å². The molecule has 6 atom stereocenters. The molecule has 2 fully saturated rings. The van der Waals surface area contributed by atoms with E-state index >= 15 is 0 Å². The Labute approximate surface area is 99.8 Å². The normalized spacial score (nSPS) is 50.9. The summed E-state index contributed by atoms with van der Waals surface area (Å²) < 4.78 is 0. The molecule has 0 aromatic rings. The second-order valence-corrected chi connectivity index (χ2v) is 6.52. The van der Waals surface area contributed by atoms with Crippen LogP contribution in [0.3, 0.4) is 0 Å². The van der Waals surface area contributed by atoms with Crippen LogP contribution in [0.1, 0.15) is 39.5 Å². The van der Waals surface area contributed by atoms with Gasteiger partial charge in [-0.05, 0) is 61.2 Å². The summed E-state index contributed by atoms with van der Waals surface area (Å²) in [5, 5.41) is 0. The molecule has 0 aliphatic heterocycles. The van der Waals surface area contributed by atoms with Crippen LogP contribution in [0.2, 0.25) is 0 Å². The van der Waals surface area contributed by atoms with Crippen molar-refractivity contribution in [3.05, 3.63) is 24.3 Å². The summed E-state index contributed by atoms with van der Waals surface area (Å²) in [5.41, 5.74) is 0. The molecule has 88 valence electrons. The van der Waals surface area contributed by atoms with Crippen molar-refractivity contribution in [2.45, 2.75) is 39.5 Å². The fourth-order valence-corrected chi connectivity index (χ4v) is 4.11. The van der Waals surface area contributed by atoms with Crippen LogP contribution in [-0.4, -0.2) is 0 Å². The molecule has 0 saturated heterocycles. The van der Waals surface area contributed by atoms with Crippen LogP contribution in [0.4, 0.5) is 0 Å². The van der Waals surface area contributed by atoms with Crippen LogP contribution < -0.4 is 0 Å². The van der Waals surface area contributed by atoms with Crippen molar-refractivity contribution in [3.63, 3.8) is 0 Å². The summed E-state index contributed by atoms with van der Waals surface area (Å²) in [6, 6.07) is 0. The van der Waals surface area contributed by atoms with Crippen LogP contribution in [0.5, 0.6) is 0 Å². The van der Waals surface area contributed by atoms with Gasteiger partial charge in [0.2, 0.25) is 0 Å². The van der Waals surface area contributed by atoms with Gasteiger partial charge in [0, 0.05) is 0 Å². The van der Waals surface area contributed by atoms with Crippen molar-refractivity contribution in [1.82, 2.24) is 0 Å². The molecule has 4 aliphatic rings. The third-order valence-corrected chi connectivity index (χ3v) is 5.22. The number of hydrogen-bond donors (Lipinski definition) is 0. The molecule has 0 aromatic carbocycles. The molecule has 0 amide bonds. The highest BCUT2D eigenvalue weighted by Crippen LogP contribution is 2.43. The average Bonchev–Trinajstić information content (AvgIpc) is 2.94. The molecule has 4 bridgehead atoms. The highest BCUT2D eigenvalue weighted by atomic mass is 14.4. The minimum Gasteiger partial charge on any atom is -0.0851 e. The predicted octanol–water partition coefficient (Wildman–Crippen LogP) is 4.44. The van der Waals surface area contributed by atoms with E-state index in [1.54, 1.807) is 0 Å². The van der Waals surface area contributed by atoms with Crippen LogP contribution >= 0.6 is 0 Å². The van der Waals surface area contributed by atoms with Crippen LogP contribution in [0.25, 0.3) is 0 Å². The Kier molecular flexibility index (Phi) is 2.69. The zero-order valence-electron chi connectivity index (χ0n) is 10.6. The second kappa shape index (κ2) is 4.05. The first-order valence-electron chi connectivity index (χ1n) is 7.09. The van der Waals surface area contributed by atoms with Crippen molar-refractivity contribution in [1.29, 1.82) is 0 Å². The first kappa shape index (κ1) is 10.6. The standard InChI is InChI=1S/2C8H12/c2*1-6-4-7-2-3-8(6)5-7/h2*2-3,6-8H,4-5H2,1H3/t6-,7+,8+;6-,7-,8-/m01/s1. The van der Waals surface area contributed by atoms with E-state index in [2.05, 4.69) is 38.2 Å². The van der Waals surface area contributed by atoms with E-state index < -0.39 is 0 Å². The van der Waals surface area contributed by atoms with Gasteiger partial charge in [0.25, 0.3) is 0 Å². The molecule has 0 unspecified atom stereocenters. The molecular weight excluding hydrogens is 192 g/mol. The van der Waals surface area contributed by atoms with E-state index in [1.165, 1.54) is 25.7 Å². The lowest BCUT2D eigenvalue weighted by molar-refractivity contribution is 0.493. The monoisotopic (exact) mass is 216 g/mol. The highest BCUT2D eigenvalue weighted by Gasteiger charge is 2.32. The number of fused-ring (bicyclic) bond motifs is 4. The average molecular weight is 216 g/mol. The largest absolute Gasteiger partial charge is 0.0851 e. The SMILES string of the molecule is C[C@@H]1C[C@H]2C=C[C@@H]1C2.C[C@H]1C[C@H]2C=C[C@@H]1C2. The van der Waals surface area contributed by atoms with Crippen molar-refractivity contribution in [3.8, 4) is 0 Å². The van der Waals surface area contributed by atoms with Gasteiger partial charge in [0.1, 0.15) is 0 Å². The Morgan fingerprint density at radius 3 is 1.19 bits per heavy atom. The molecule has 4 rings (SSSR count). The van der Waals surface area contributed by atoms with Gasteiger partial charge in [0.15, 0.2) is 0 Å². The molecule has 0 heterocycles. The minimum atomic E-state index is 0.958. The van der Waals surface area contributed by atoms with Gasteiger partial charge in [-0.2, -0.15) is 0 Å². The lowest BCUT2D eigenvalue weighted by atomic mass is 9.96. The number of rotatable bonds is 0. The molecule has 16 heavy (non-hydrogen) atoms. The first-order valence-corrected chi connectivity index (χ1v) is 7.09. The minimum absolute atomic E-state index is 0.958. The molecular formula is C16H24. The van der Waals surface area contributed by atoms with E-state index in [-0.39, 0.29) is 0 Å². The molecule has 0 N–H and O–H groups in total.